The van der Waals surface area contributed by atoms with E-state index in [4.69, 9.17) is 14.2 Å². The van der Waals surface area contributed by atoms with E-state index in [1.807, 2.05) is 0 Å². The molecular weight excluding hydrogens is 357 g/mol. The van der Waals surface area contributed by atoms with E-state index < -0.39 is 23.4 Å². The van der Waals surface area contributed by atoms with Gasteiger partial charge >= 0.3 is 5.97 Å². The molecule has 27 heavy (non-hydrogen) atoms. The van der Waals surface area contributed by atoms with E-state index in [-0.39, 0.29) is 28.4 Å². The van der Waals surface area contributed by atoms with Crippen molar-refractivity contribution in [1.29, 1.82) is 0 Å². The number of ether oxygens (including phenoxy) is 3. The first kappa shape index (κ1) is 19.8. The molecule has 0 saturated carbocycles. The van der Waals surface area contributed by atoms with E-state index >= 15 is 0 Å². The maximum atomic E-state index is 13.8. The summed E-state index contributed by atoms with van der Waals surface area (Å²) in [4.78, 5) is 24.0. The molecule has 0 unspecified atom stereocenters. The third-order valence-electron chi connectivity index (χ3n) is 3.61. The third kappa shape index (κ3) is 4.55. The molecule has 2 aromatic rings. The highest BCUT2D eigenvalue weighted by atomic mass is 19.1. The predicted molar refractivity (Wildman–Crippen MR) is 95.6 cm³/mol. The fraction of sp³-hybridized carbons (Fsp3) is 0.158. The smallest absolute Gasteiger partial charge is 0.352 e. The number of benzene rings is 2. The number of nitrogens with one attached hydrogen (secondary N) is 1. The third-order valence-corrected chi connectivity index (χ3v) is 3.61. The lowest BCUT2D eigenvalue weighted by Crippen LogP contribution is -2.27. The molecule has 0 aliphatic rings. The van der Waals surface area contributed by atoms with Crippen molar-refractivity contribution in [2.24, 2.45) is 0 Å². The van der Waals surface area contributed by atoms with Crippen molar-refractivity contribution in [3.63, 3.8) is 0 Å². The predicted octanol–water partition coefficient (Wildman–Crippen LogP) is 2.71. The number of carboxylic acids is 1. The van der Waals surface area contributed by atoms with Gasteiger partial charge in [0.1, 0.15) is 11.5 Å². The Balaban J connectivity index is 2.39. The number of aliphatic carboxylic acids is 1. The van der Waals surface area contributed by atoms with Gasteiger partial charge in [0, 0.05) is 11.1 Å². The maximum absolute atomic E-state index is 13.8. The van der Waals surface area contributed by atoms with Gasteiger partial charge < -0.3 is 24.6 Å². The molecule has 142 valence electrons. The van der Waals surface area contributed by atoms with Crippen LogP contribution in [0.2, 0.25) is 0 Å². The standard InChI is InChI=1S/C19H18FNO6/c1-25-15-9-12(10-16(26-2)17(15)27-3)18(22)21-14(19(23)24)8-11-6-4-5-7-13(11)20/h4-10H,1-3H3,(H,21,22)(H,23,24)/b14-8+. The lowest BCUT2D eigenvalue weighted by atomic mass is 10.1. The van der Waals surface area contributed by atoms with Crippen molar-refractivity contribution >= 4 is 18.0 Å². The lowest BCUT2D eigenvalue weighted by molar-refractivity contribution is -0.132. The second-order valence-electron chi connectivity index (χ2n) is 5.25. The zero-order chi connectivity index (χ0) is 20.0. The summed E-state index contributed by atoms with van der Waals surface area (Å²) in [5.41, 5.74) is -0.385. The SMILES string of the molecule is COc1cc(C(=O)N/C(=C/c2ccccc2F)C(=O)O)cc(OC)c1OC. The average Bonchev–Trinajstić information content (AvgIpc) is 2.67. The fourth-order valence-corrected chi connectivity index (χ4v) is 2.31. The van der Waals surface area contributed by atoms with Crippen LogP contribution < -0.4 is 19.5 Å². The van der Waals surface area contributed by atoms with Gasteiger partial charge in [-0.05, 0) is 24.3 Å². The summed E-state index contributed by atoms with van der Waals surface area (Å²) in [6.45, 7) is 0. The minimum atomic E-state index is -1.42. The van der Waals surface area contributed by atoms with Gasteiger partial charge in [0.25, 0.3) is 5.91 Å². The number of rotatable bonds is 7. The van der Waals surface area contributed by atoms with E-state index in [0.29, 0.717) is 0 Å². The van der Waals surface area contributed by atoms with Crippen LogP contribution in [0, 0.1) is 5.82 Å². The first-order chi connectivity index (χ1) is 12.9. The highest BCUT2D eigenvalue weighted by Gasteiger charge is 2.19. The van der Waals surface area contributed by atoms with Gasteiger partial charge in [-0.25, -0.2) is 9.18 Å². The number of methoxy groups -OCH3 is 3. The molecule has 0 bridgehead atoms. The fourth-order valence-electron chi connectivity index (χ4n) is 2.31. The molecule has 0 spiro atoms. The van der Waals surface area contributed by atoms with Crippen molar-refractivity contribution in [2.75, 3.05) is 21.3 Å². The molecular formula is C19H18FNO6. The van der Waals surface area contributed by atoms with E-state index in [1.165, 1.54) is 51.7 Å². The van der Waals surface area contributed by atoms with Crippen LogP contribution in [0.15, 0.2) is 42.1 Å². The number of carbonyl (C=O) groups is 2. The second kappa shape index (κ2) is 8.70. The van der Waals surface area contributed by atoms with E-state index in [9.17, 15) is 19.1 Å². The molecule has 0 aliphatic heterocycles. The minimum Gasteiger partial charge on any atom is -0.493 e. The molecule has 1 amide bonds. The molecule has 0 aromatic heterocycles. The summed E-state index contributed by atoms with van der Waals surface area (Å²) in [6.07, 6.45) is 1.04. The molecule has 2 aromatic carbocycles. The average molecular weight is 375 g/mol. The van der Waals surface area contributed by atoms with Crippen LogP contribution >= 0.6 is 0 Å². The van der Waals surface area contributed by atoms with Crippen molar-refractivity contribution < 1.29 is 33.3 Å². The maximum Gasteiger partial charge on any atom is 0.352 e. The summed E-state index contributed by atoms with van der Waals surface area (Å²) in [7, 11) is 4.19. The summed E-state index contributed by atoms with van der Waals surface area (Å²) in [5.74, 6) is -2.01. The van der Waals surface area contributed by atoms with E-state index in [2.05, 4.69) is 5.32 Å². The molecule has 2 N–H and O–H groups in total. The molecule has 2 rings (SSSR count). The van der Waals surface area contributed by atoms with Crippen LogP contribution in [-0.2, 0) is 4.79 Å². The van der Waals surface area contributed by atoms with Gasteiger partial charge in [-0.2, -0.15) is 0 Å². The number of halogens is 1. The van der Waals surface area contributed by atoms with Gasteiger partial charge in [0.15, 0.2) is 11.5 Å². The van der Waals surface area contributed by atoms with Gasteiger partial charge in [-0.15, -0.1) is 0 Å². The van der Waals surface area contributed by atoms with Crippen LogP contribution in [0.1, 0.15) is 15.9 Å². The van der Waals surface area contributed by atoms with Crippen LogP contribution in [0.3, 0.4) is 0 Å². The molecule has 0 aliphatic carbocycles. The van der Waals surface area contributed by atoms with Gasteiger partial charge in [0.05, 0.1) is 21.3 Å². The topological polar surface area (TPSA) is 94.1 Å². The van der Waals surface area contributed by atoms with Crippen molar-refractivity contribution in [3.05, 3.63) is 59.0 Å². The molecule has 0 atom stereocenters. The highest BCUT2D eigenvalue weighted by molar-refractivity contribution is 6.03. The first-order valence-electron chi connectivity index (χ1n) is 7.72. The van der Waals surface area contributed by atoms with Crippen molar-refractivity contribution in [1.82, 2.24) is 5.32 Å². The summed E-state index contributed by atoms with van der Waals surface area (Å²) < 4.78 is 29.3. The molecule has 0 fully saturated rings. The van der Waals surface area contributed by atoms with Gasteiger partial charge in [-0.1, -0.05) is 18.2 Å². The number of carboxylic acid groups (broad SMARTS) is 1. The van der Waals surface area contributed by atoms with E-state index in [1.54, 1.807) is 6.07 Å². The van der Waals surface area contributed by atoms with Crippen molar-refractivity contribution in [2.45, 2.75) is 0 Å². The Kier molecular flexibility index (Phi) is 6.37. The van der Waals surface area contributed by atoms with Crippen LogP contribution in [0.5, 0.6) is 17.2 Å². The van der Waals surface area contributed by atoms with Crippen LogP contribution in [0.4, 0.5) is 4.39 Å². The quantitative estimate of drug-likeness (QED) is 0.723. The summed E-state index contributed by atoms with van der Waals surface area (Å²) in [5, 5.41) is 11.6. The number of hydrogen-bond acceptors (Lipinski definition) is 5. The lowest BCUT2D eigenvalue weighted by Gasteiger charge is -2.14. The van der Waals surface area contributed by atoms with Crippen LogP contribution in [-0.4, -0.2) is 38.3 Å². The molecule has 7 nitrogen and oxygen atoms in total. The molecule has 0 saturated heterocycles. The Morgan fingerprint density at radius 3 is 2.11 bits per heavy atom. The largest absolute Gasteiger partial charge is 0.493 e. The highest BCUT2D eigenvalue weighted by Crippen LogP contribution is 2.38. The van der Waals surface area contributed by atoms with Gasteiger partial charge in [-0.3, -0.25) is 4.79 Å². The van der Waals surface area contributed by atoms with Gasteiger partial charge in [0.2, 0.25) is 5.75 Å². The second-order valence-corrected chi connectivity index (χ2v) is 5.25. The summed E-state index contributed by atoms with van der Waals surface area (Å²) in [6, 6.07) is 8.35. The van der Waals surface area contributed by atoms with Crippen molar-refractivity contribution in [3.8, 4) is 17.2 Å². The normalized spacial score (nSPS) is 10.9. The molecule has 0 radical (unpaired) electrons. The Bertz CT molecular complexity index is 869. The Hall–Kier alpha value is -3.55. The van der Waals surface area contributed by atoms with Crippen LogP contribution in [0.25, 0.3) is 6.08 Å². The minimum absolute atomic E-state index is 0.0279. The molecule has 0 heterocycles. The Morgan fingerprint density at radius 1 is 1.04 bits per heavy atom. The summed E-state index contributed by atoms with van der Waals surface area (Å²) >= 11 is 0. The monoisotopic (exact) mass is 375 g/mol. The Labute approximate surface area is 155 Å². The Morgan fingerprint density at radius 2 is 1.63 bits per heavy atom. The number of carbonyl (C=O) groups excluding carboxylic acids is 1. The zero-order valence-electron chi connectivity index (χ0n) is 14.9. The van der Waals surface area contributed by atoms with E-state index in [0.717, 1.165) is 6.08 Å². The number of amides is 1. The number of hydrogen-bond donors (Lipinski definition) is 2. The zero-order valence-corrected chi connectivity index (χ0v) is 14.9. The molecule has 8 heteroatoms. The first-order valence-corrected chi connectivity index (χ1v) is 7.72.